The van der Waals surface area contributed by atoms with E-state index in [9.17, 15) is 19.7 Å². The molecule has 0 aliphatic rings. The van der Waals surface area contributed by atoms with Crippen LogP contribution in [0.2, 0.25) is 0 Å². The Bertz CT molecular complexity index is 528. The maximum atomic E-state index is 12.0. The molecule has 0 bridgehead atoms. The van der Waals surface area contributed by atoms with Gasteiger partial charge in [0, 0.05) is 17.7 Å². The molecule has 1 aromatic carbocycles. The van der Waals surface area contributed by atoms with Gasteiger partial charge < -0.3 is 11.1 Å². The topological polar surface area (TPSA) is 115 Å². The molecule has 0 saturated carbocycles. The molecule has 7 heteroatoms. The van der Waals surface area contributed by atoms with Crippen LogP contribution in [-0.4, -0.2) is 22.8 Å². The molecule has 0 saturated heterocycles. The van der Waals surface area contributed by atoms with Crippen LogP contribution in [0.3, 0.4) is 0 Å². The monoisotopic (exact) mass is 279 g/mol. The minimum Gasteiger partial charge on any atom is -0.368 e. The summed E-state index contributed by atoms with van der Waals surface area (Å²) in [6.45, 7) is 3.80. The van der Waals surface area contributed by atoms with Gasteiger partial charge in [-0.25, -0.2) is 0 Å². The number of nitrogens with one attached hydrogen (secondary N) is 1. The first-order valence-electron chi connectivity index (χ1n) is 6.16. The van der Waals surface area contributed by atoms with Crippen molar-refractivity contribution >= 4 is 17.5 Å². The zero-order valence-electron chi connectivity index (χ0n) is 11.3. The second kappa shape index (κ2) is 6.65. The van der Waals surface area contributed by atoms with Gasteiger partial charge in [0.1, 0.15) is 6.04 Å². The Morgan fingerprint density at radius 2 is 2.05 bits per heavy atom. The molecule has 0 aromatic heterocycles. The van der Waals surface area contributed by atoms with Crippen molar-refractivity contribution in [2.24, 2.45) is 11.7 Å². The summed E-state index contributed by atoms with van der Waals surface area (Å²) in [4.78, 5) is 33.3. The lowest BCUT2D eigenvalue weighted by atomic mass is 10.0. The van der Waals surface area contributed by atoms with Gasteiger partial charge in [-0.1, -0.05) is 19.9 Å². The average molecular weight is 279 g/mol. The molecule has 108 valence electrons. The van der Waals surface area contributed by atoms with Crippen molar-refractivity contribution in [2.45, 2.75) is 26.3 Å². The predicted octanol–water partition coefficient (Wildman–Crippen LogP) is 1.22. The number of primary amides is 1. The number of nitrogens with two attached hydrogens (primary N) is 1. The number of rotatable bonds is 6. The molecule has 0 aliphatic heterocycles. The minimum atomic E-state index is -0.790. The van der Waals surface area contributed by atoms with Crippen molar-refractivity contribution in [2.75, 3.05) is 0 Å². The fourth-order valence-corrected chi connectivity index (χ4v) is 1.72. The predicted molar refractivity (Wildman–Crippen MR) is 73.0 cm³/mol. The first kappa shape index (κ1) is 15.6. The van der Waals surface area contributed by atoms with Gasteiger partial charge in [0.15, 0.2) is 0 Å². The number of benzene rings is 1. The van der Waals surface area contributed by atoms with Crippen LogP contribution in [-0.2, 0) is 4.79 Å². The number of carbonyl (C=O) groups is 2. The van der Waals surface area contributed by atoms with Gasteiger partial charge in [-0.3, -0.25) is 19.7 Å². The second-order valence-electron chi connectivity index (χ2n) is 4.87. The highest BCUT2D eigenvalue weighted by Crippen LogP contribution is 2.13. The summed E-state index contributed by atoms with van der Waals surface area (Å²) in [5.74, 6) is -1.01. The van der Waals surface area contributed by atoms with Crippen LogP contribution < -0.4 is 11.1 Å². The van der Waals surface area contributed by atoms with E-state index in [1.165, 1.54) is 18.2 Å². The Labute approximate surface area is 116 Å². The first-order valence-corrected chi connectivity index (χ1v) is 6.16. The number of hydrogen-bond donors (Lipinski definition) is 2. The third-order valence-corrected chi connectivity index (χ3v) is 2.68. The van der Waals surface area contributed by atoms with E-state index in [-0.39, 0.29) is 17.2 Å². The van der Waals surface area contributed by atoms with Crippen LogP contribution in [0.25, 0.3) is 0 Å². The SMILES string of the molecule is CC(C)C[C@H](NC(=O)c1cccc([N+](=O)[O-])c1)C(N)=O. The van der Waals surface area contributed by atoms with E-state index in [1.807, 2.05) is 13.8 Å². The lowest BCUT2D eigenvalue weighted by Crippen LogP contribution is -2.45. The number of non-ortho nitro benzene ring substituents is 1. The lowest BCUT2D eigenvalue weighted by molar-refractivity contribution is -0.384. The van der Waals surface area contributed by atoms with Crippen LogP contribution in [0.5, 0.6) is 0 Å². The molecule has 1 aromatic rings. The van der Waals surface area contributed by atoms with Gasteiger partial charge in [-0.15, -0.1) is 0 Å². The third-order valence-electron chi connectivity index (χ3n) is 2.68. The Balaban J connectivity index is 2.86. The van der Waals surface area contributed by atoms with Crippen molar-refractivity contribution in [3.63, 3.8) is 0 Å². The van der Waals surface area contributed by atoms with E-state index in [1.54, 1.807) is 0 Å². The minimum absolute atomic E-state index is 0.120. The van der Waals surface area contributed by atoms with Crippen LogP contribution in [0.1, 0.15) is 30.6 Å². The molecule has 0 radical (unpaired) electrons. The molecule has 1 atom stereocenters. The van der Waals surface area contributed by atoms with E-state index >= 15 is 0 Å². The molecule has 0 fully saturated rings. The molecular formula is C13H17N3O4. The molecule has 0 aliphatic carbocycles. The van der Waals surface area contributed by atoms with Crippen LogP contribution >= 0.6 is 0 Å². The second-order valence-corrected chi connectivity index (χ2v) is 4.87. The molecular weight excluding hydrogens is 262 g/mol. The molecule has 1 rings (SSSR count). The summed E-state index contributed by atoms with van der Waals surface area (Å²) in [6, 6.07) is 4.51. The Morgan fingerprint density at radius 3 is 2.55 bits per heavy atom. The Kier molecular flexibility index (Phi) is 5.19. The van der Waals surface area contributed by atoms with Crippen molar-refractivity contribution in [1.29, 1.82) is 0 Å². The maximum absolute atomic E-state index is 12.0. The van der Waals surface area contributed by atoms with Crippen LogP contribution in [0.4, 0.5) is 5.69 Å². The molecule has 20 heavy (non-hydrogen) atoms. The average Bonchev–Trinajstić information content (AvgIpc) is 2.37. The highest BCUT2D eigenvalue weighted by atomic mass is 16.6. The summed E-state index contributed by atoms with van der Waals surface area (Å²) in [5.41, 5.74) is 5.16. The molecule has 0 spiro atoms. The quantitative estimate of drug-likeness (QED) is 0.601. The Morgan fingerprint density at radius 1 is 1.40 bits per heavy atom. The largest absolute Gasteiger partial charge is 0.368 e. The van der Waals surface area contributed by atoms with E-state index in [4.69, 9.17) is 5.73 Å². The van der Waals surface area contributed by atoms with Crippen LogP contribution in [0, 0.1) is 16.0 Å². The van der Waals surface area contributed by atoms with Crippen LogP contribution in [0.15, 0.2) is 24.3 Å². The van der Waals surface area contributed by atoms with Crippen molar-refractivity contribution in [1.82, 2.24) is 5.32 Å². The molecule has 3 N–H and O–H groups in total. The van der Waals surface area contributed by atoms with E-state index < -0.39 is 22.8 Å². The first-order chi connectivity index (χ1) is 9.31. The zero-order chi connectivity index (χ0) is 15.3. The summed E-state index contributed by atoms with van der Waals surface area (Å²) < 4.78 is 0. The van der Waals surface area contributed by atoms with Gasteiger partial charge in [0.05, 0.1) is 4.92 Å². The third kappa shape index (κ3) is 4.34. The summed E-state index contributed by atoms with van der Waals surface area (Å²) in [5, 5.41) is 13.1. The summed E-state index contributed by atoms with van der Waals surface area (Å²) in [7, 11) is 0. The van der Waals surface area contributed by atoms with Gasteiger partial charge in [0.2, 0.25) is 5.91 Å². The number of nitro benzene ring substituents is 1. The normalized spacial score (nSPS) is 11.9. The fraction of sp³-hybridized carbons (Fsp3) is 0.385. The van der Waals surface area contributed by atoms with E-state index in [2.05, 4.69) is 5.32 Å². The fourth-order valence-electron chi connectivity index (χ4n) is 1.72. The maximum Gasteiger partial charge on any atom is 0.270 e. The van der Waals surface area contributed by atoms with Crippen molar-refractivity contribution < 1.29 is 14.5 Å². The van der Waals surface area contributed by atoms with Gasteiger partial charge in [-0.2, -0.15) is 0 Å². The Hall–Kier alpha value is -2.44. The number of carbonyl (C=O) groups excluding carboxylic acids is 2. The van der Waals surface area contributed by atoms with Gasteiger partial charge in [0.25, 0.3) is 11.6 Å². The molecule has 7 nitrogen and oxygen atoms in total. The van der Waals surface area contributed by atoms with Gasteiger partial charge in [-0.05, 0) is 18.4 Å². The van der Waals surface area contributed by atoms with E-state index in [0.29, 0.717) is 6.42 Å². The van der Waals surface area contributed by atoms with E-state index in [0.717, 1.165) is 6.07 Å². The number of nitrogens with zero attached hydrogens (tertiary/aromatic N) is 1. The van der Waals surface area contributed by atoms with Gasteiger partial charge >= 0.3 is 0 Å². The number of hydrogen-bond acceptors (Lipinski definition) is 4. The standard InChI is InChI=1S/C13H17N3O4/c1-8(2)6-11(12(14)17)15-13(18)9-4-3-5-10(7-9)16(19)20/h3-5,7-8,11H,6H2,1-2H3,(H2,14,17)(H,15,18)/t11-/m0/s1. The lowest BCUT2D eigenvalue weighted by Gasteiger charge is -2.17. The highest BCUT2D eigenvalue weighted by molar-refractivity contribution is 5.97. The molecule has 0 heterocycles. The van der Waals surface area contributed by atoms with Crippen molar-refractivity contribution in [3.05, 3.63) is 39.9 Å². The summed E-state index contributed by atoms with van der Waals surface area (Å²) >= 11 is 0. The molecule has 2 amide bonds. The number of amides is 2. The summed E-state index contributed by atoms with van der Waals surface area (Å²) in [6.07, 6.45) is 0.413. The number of nitro groups is 1. The highest BCUT2D eigenvalue weighted by Gasteiger charge is 2.21. The smallest absolute Gasteiger partial charge is 0.270 e. The van der Waals surface area contributed by atoms with Crippen molar-refractivity contribution in [3.8, 4) is 0 Å². The molecule has 0 unspecified atom stereocenters. The zero-order valence-corrected chi connectivity index (χ0v) is 11.3.